The van der Waals surface area contributed by atoms with Crippen molar-refractivity contribution in [1.29, 1.82) is 0 Å². The van der Waals surface area contributed by atoms with Crippen molar-refractivity contribution in [3.05, 3.63) is 0 Å². The molecular weight excluding hydrogens is 222 g/mol. The first-order valence-corrected chi connectivity index (χ1v) is 0.866. The normalized spacial score (nSPS) is 1.20. The second kappa shape index (κ2) is 2770. The third-order valence-corrected chi connectivity index (χ3v) is 0. The molecule has 6 nitrogen and oxygen atoms in total. The molecule has 0 aromatic carbocycles. The minimum Gasteiger partial charge on any atom is -0.344 e. The molecule has 0 fully saturated rings. The topological polar surface area (TPSA) is 156 Å². The average molecular weight is 237 g/mol. The fourth-order valence-corrected chi connectivity index (χ4v) is 0. The standard InChI is InChI=1S/3CH2O.Mo.3H3N/c3*1-2;;;;/h3*1H2;;3*1H3. The maximum absolute atomic E-state index is 8.00. The van der Waals surface area contributed by atoms with Crippen LogP contribution >= 0.6 is 0 Å². The molecule has 0 aliphatic rings. The third kappa shape index (κ3) is 1840. The molecule has 0 radical (unpaired) electrons. The first kappa shape index (κ1) is 106. The van der Waals surface area contributed by atoms with Gasteiger partial charge in [-0.1, -0.05) is 0 Å². The minimum absolute atomic E-state index is 0. The van der Waals surface area contributed by atoms with Gasteiger partial charge in [0.15, 0.2) is 0 Å². The Morgan fingerprint density at radius 3 is 0.500 bits per heavy atom. The second-order valence-corrected chi connectivity index (χ2v) is 0. The van der Waals surface area contributed by atoms with Crippen LogP contribution in [0.3, 0.4) is 0 Å². The van der Waals surface area contributed by atoms with E-state index in [4.69, 9.17) is 14.4 Å². The first-order valence-electron chi connectivity index (χ1n) is 0.866. The number of carbonyl (C=O) groups excluding carboxylic acids is 3. The molecule has 0 spiro atoms. The van der Waals surface area contributed by atoms with Crippen LogP contribution in [0.2, 0.25) is 0 Å². The summed E-state index contributed by atoms with van der Waals surface area (Å²) >= 11 is 0. The molecule has 0 unspecified atom stereocenters. The maximum atomic E-state index is 8.00. The molecule has 9 N–H and O–H groups in total. The smallest absolute Gasteiger partial charge is 0.106 e. The van der Waals surface area contributed by atoms with Gasteiger partial charge in [-0.25, -0.2) is 0 Å². The average Bonchev–Trinajstić information content (AvgIpc) is 1.81. The molecule has 0 aliphatic carbocycles. The van der Waals surface area contributed by atoms with Gasteiger partial charge < -0.3 is 32.8 Å². The van der Waals surface area contributed by atoms with Crippen molar-refractivity contribution in [3.8, 4) is 0 Å². The quantitative estimate of drug-likeness (QED) is 0.500. The van der Waals surface area contributed by atoms with E-state index in [1.165, 1.54) is 0 Å². The van der Waals surface area contributed by atoms with Gasteiger partial charge in [0.05, 0.1) is 0 Å². The van der Waals surface area contributed by atoms with E-state index in [9.17, 15) is 0 Å². The molecule has 0 aliphatic heterocycles. The van der Waals surface area contributed by atoms with Gasteiger partial charge in [-0.15, -0.1) is 0 Å². The van der Waals surface area contributed by atoms with E-state index in [0.717, 1.165) is 0 Å². The molecule has 0 bridgehead atoms. The molecule has 0 saturated heterocycles. The van der Waals surface area contributed by atoms with Gasteiger partial charge in [0.2, 0.25) is 0 Å². The zero-order valence-corrected chi connectivity index (χ0v) is 7.88. The van der Waals surface area contributed by atoms with Crippen molar-refractivity contribution in [3.63, 3.8) is 0 Å². The summed E-state index contributed by atoms with van der Waals surface area (Å²) in [6.45, 7) is 6.00. The van der Waals surface area contributed by atoms with Crippen molar-refractivity contribution in [2.45, 2.75) is 0 Å². The Morgan fingerprint density at radius 1 is 0.500 bits per heavy atom. The van der Waals surface area contributed by atoms with E-state index in [-0.39, 0.29) is 39.5 Å². The van der Waals surface area contributed by atoms with Gasteiger partial charge in [-0.2, -0.15) is 0 Å². The molecule has 66 valence electrons. The van der Waals surface area contributed by atoms with E-state index in [1.54, 1.807) is 0 Å². The van der Waals surface area contributed by atoms with Gasteiger partial charge in [-0.3, -0.25) is 0 Å². The van der Waals surface area contributed by atoms with E-state index in [1.807, 2.05) is 20.4 Å². The van der Waals surface area contributed by atoms with Crippen LogP contribution in [0.4, 0.5) is 0 Å². The van der Waals surface area contributed by atoms with Gasteiger partial charge in [0.1, 0.15) is 20.4 Å². The fourth-order valence-electron chi connectivity index (χ4n) is 0. The predicted molar refractivity (Wildman–Crippen MR) is 36.4 cm³/mol. The molecule has 0 heterocycles. The SMILES string of the molecule is C=O.C=O.C=O.N.N.N.[Mo]. The van der Waals surface area contributed by atoms with Gasteiger partial charge in [-0.05, 0) is 0 Å². The van der Waals surface area contributed by atoms with Gasteiger partial charge in [0, 0.05) is 21.1 Å². The Hall–Kier alpha value is -0.422. The Labute approximate surface area is 74.8 Å². The summed E-state index contributed by atoms with van der Waals surface area (Å²) < 4.78 is 0. The van der Waals surface area contributed by atoms with Crippen LogP contribution in [0.5, 0.6) is 0 Å². The van der Waals surface area contributed by atoms with E-state index in [0.29, 0.717) is 0 Å². The third-order valence-electron chi connectivity index (χ3n) is 0. The van der Waals surface area contributed by atoms with Crippen LogP contribution in [0.1, 0.15) is 0 Å². The summed E-state index contributed by atoms with van der Waals surface area (Å²) in [5.41, 5.74) is 0. The van der Waals surface area contributed by atoms with Crippen molar-refractivity contribution in [2.75, 3.05) is 0 Å². The first-order chi connectivity index (χ1) is 3.00. The van der Waals surface area contributed by atoms with Crippen LogP contribution in [-0.2, 0) is 35.4 Å². The second-order valence-electron chi connectivity index (χ2n) is 0. The van der Waals surface area contributed by atoms with Crippen LogP contribution in [0, 0.1) is 0 Å². The molecular formula is C3H15MoN3O3. The summed E-state index contributed by atoms with van der Waals surface area (Å²) in [6.07, 6.45) is 0. The summed E-state index contributed by atoms with van der Waals surface area (Å²) in [6, 6.07) is 0. The summed E-state index contributed by atoms with van der Waals surface area (Å²) in [4.78, 5) is 24.0. The van der Waals surface area contributed by atoms with E-state index in [2.05, 4.69) is 0 Å². The van der Waals surface area contributed by atoms with Gasteiger partial charge in [0.25, 0.3) is 0 Å². The minimum atomic E-state index is 0. The van der Waals surface area contributed by atoms with Crippen molar-refractivity contribution in [2.24, 2.45) is 0 Å². The van der Waals surface area contributed by atoms with E-state index >= 15 is 0 Å². The molecule has 0 amide bonds. The molecule has 7 heteroatoms. The summed E-state index contributed by atoms with van der Waals surface area (Å²) in [5, 5.41) is 0. The monoisotopic (exact) mass is 239 g/mol. The van der Waals surface area contributed by atoms with Crippen LogP contribution in [0.15, 0.2) is 0 Å². The predicted octanol–water partition coefficient (Wildman–Crippen LogP) is -0.0712. The maximum Gasteiger partial charge on any atom is 0.106 e. The van der Waals surface area contributed by atoms with Crippen LogP contribution in [0.25, 0.3) is 0 Å². The van der Waals surface area contributed by atoms with Crippen molar-refractivity contribution < 1.29 is 35.4 Å². The Balaban J connectivity index is -0.00000000225. The number of hydrogen-bond acceptors (Lipinski definition) is 6. The molecule has 10 heavy (non-hydrogen) atoms. The zero-order chi connectivity index (χ0) is 6.00. The summed E-state index contributed by atoms with van der Waals surface area (Å²) in [5.74, 6) is 0. The summed E-state index contributed by atoms with van der Waals surface area (Å²) in [7, 11) is 0. The van der Waals surface area contributed by atoms with Crippen LogP contribution < -0.4 is 18.5 Å². The van der Waals surface area contributed by atoms with E-state index < -0.39 is 0 Å². The molecule has 0 aromatic heterocycles. The molecule has 0 atom stereocenters. The number of carbonyl (C=O) groups is 3. The van der Waals surface area contributed by atoms with Crippen molar-refractivity contribution in [1.82, 2.24) is 18.5 Å². The molecule has 0 rings (SSSR count). The Morgan fingerprint density at radius 2 is 0.500 bits per heavy atom. The van der Waals surface area contributed by atoms with Crippen LogP contribution in [-0.4, -0.2) is 20.4 Å². The Kier molecular flexibility index (Phi) is 29400. The fraction of sp³-hybridized carbons (Fsp3) is 0. The molecule has 0 aromatic rings. The number of rotatable bonds is 0. The Bertz CT molecular complexity index is 23.7. The largest absolute Gasteiger partial charge is 0.344 e. The number of hydrogen-bond donors (Lipinski definition) is 3. The molecule has 0 saturated carbocycles. The van der Waals surface area contributed by atoms with Gasteiger partial charge >= 0.3 is 0 Å². The van der Waals surface area contributed by atoms with Crippen molar-refractivity contribution >= 4 is 20.4 Å². The zero-order valence-electron chi connectivity index (χ0n) is 5.88.